The van der Waals surface area contributed by atoms with Gasteiger partial charge in [0.15, 0.2) is 0 Å². The molecule has 1 heterocycles. The Morgan fingerprint density at radius 3 is 2.57 bits per heavy atom. The lowest BCUT2D eigenvalue weighted by molar-refractivity contribution is 0.0238. The fraction of sp³-hybridized carbons (Fsp3) is 1.00. The Hall–Kier alpha value is -0.180. The van der Waals surface area contributed by atoms with Gasteiger partial charge in [0.25, 0.3) is 5.92 Å². The molecule has 0 aromatic carbocycles. The van der Waals surface area contributed by atoms with E-state index >= 15 is 0 Å². The van der Waals surface area contributed by atoms with Crippen molar-refractivity contribution in [1.82, 2.24) is 5.31 Å². The first-order chi connectivity index (χ1) is 3.60. The molecule has 0 bridgehead atoms. The summed E-state index contributed by atoms with van der Waals surface area (Å²) in [4.78, 5) is 0. The predicted octanol–water partition coefficient (Wildman–Crippen LogP) is 0.615. The standard InChI is InChI=1S/C4H7F2N/c5-4(6)1-2-7-3-4/h7H,1-3H2/i/hD. The molecular formula is C4H7F2N. The summed E-state index contributed by atoms with van der Waals surface area (Å²) in [5.41, 5.74) is 0. The number of hydrogen-bond donors (Lipinski definition) is 1. The van der Waals surface area contributed by atoms with Crippen LogP contribution >= 0.6 is 0 Å². The van der Waals surface area contributed by atoms with Crippen molar-refractivity contribution in [2.24, 2.45) is 0 Å². The van der Waals surface area contributed by atoms with Crippen LogP contribution in [-0.2, 0) is 0 Å². The Morgan fingerprint density at radius 1 is 1.71 bits per heavy atom. The third kappa shape index (κ3) is 1.09. The Labute approximate surface area is 42.2 Å². The van der Waals surface area contributed by atoms with Gasteiger partial charge in [-0.1, -0.05) is 0 Å². The highest BCUT2D eigenvalue weighted by molar-refractivity contribution is 4.77. The van der Waals surface area contributed by atoms with Crippen molar-refractivity contribution in [3.63, 3.8) is 0 Å². The highest BCUT2D eigenvalue weighted by Crippen LogP contribution is 2.19. The first-order valence-corrected chi connectivity index (χ1v) is 2.22. The summed E-state index contributed by atoms with van der Waals surface area (Å²) in [7, 11) is 0. The number of halogens is 2. The third-order valence-corrected chi connectivity index (χ3v) is 0.979. The molecular weight excluding hydrogens is 100 g/mol. The molecule has 1 aliphatic rings. The molecule has 0 radical (unpaired) electrons. The summed E-state index contributed by atoms with van der Waals surface area (Å²) < 4.78 is 30.8. The van der Waals surface area contributed by atoms with Gasteiger partial charge in [-0.3, -0.25) is 0 Å². The van der Waals surface area contributed by atoms with Crippen LogP contribution in [0.1, 0.15) is 6.42 Å². The van der Waals surface area contributed by atoms with E-state index in [-0.39, 0.29) is 13.0 Å². The maximum absolute atomic E-state index is 12.0. The Balaban J connectivity index is 2.44. The van der Waals surface area contributed by atoms with Crippen LogP contribution in [-0.4, -0.2) is 19.0 Å². The molecule has 0 aromatic heterocycles. The molecule has 0 amide bonds. The molecule has 1 saturated heterocycles. The number of rotatable bonds is 0. The molecule has 7 heavy (non-hydrogen) atoms. The second-order valence-electron chi connectivity index (χ2n) is 1.71. The lowest BCUT2D eigenvalue weighted by Gasteiger charge is -2.02. The molecule has 0 spiro atoms. The molecule has 0 atom stereocenters. The SMILES string of the molecule is [2H]N1CCC(F)(F)C1. The van der Waals surface area contributed by atoms with Crippen LogP contribution in [0.25, 0.3) is 0 Å². The monoisotopic (exact) mass is 108 g/mol. The van der Waals surface area contributed by atoms with E-state index in [0.29, 0.717) is 0 Å². The summed E-state index contributed by atoms with van der Waals surface area (Å²) in [6.45, 7) is -0.194. The van der Waals surface area contributed by atoms with Crippen LogP contribution in [0.15, 0.2) is 0 Å². The molecule has 1 aliphatic heterocycles. The molecule has 3 heteroatoms. The fourth-order valence-electron chi connectivity index (χ4n) is 0.564. The first-order valence-electron chi connectivity index (χ1n) is 2.66. The summed E-state index contributed by atoms with van der Waals surface area (Å²) in [6, 6.07) is 0. The zero-order valence-corrected chi connectivity index (χ0v) is 3.82. The van der Waals surface area contributed by atoms with E-state index in [0.717, 1.165) is 5.31 Å². The van der Waals surface area contributed by atoms with Crippen LogP contribution in [0.3, 0.4) is 0 Å². The second-order valence-corrected chi connectivity index (χ2v) is 1.71. The minimum atomic E-state index is -2.60. The largest absolute Gasteiger partial charge is 0.311 e. The summed E-state index contributed by atoms with van der Waals surface area (Å²) >= 11 is 0. The van der Waals surface area contributed by atoms with E-state index in [4.69, 9.17) is 1.41 Å². The van der Waals surface area contributed by atoms with Crippen LogP contribution in [0, 0.1) is 0 Å². The van der Waals surface area contributed by atoms with Crippen LogP contribution in [0.4, 0.5) is 8.78 Å². The third-order valence-electron chi connectivity index (χ3n) is 0.979. The van der Waals surface area contributed by atoms with E-state index in [1.54, 1.807) is 0 Å². The van der Waals surface area contributed by atoms with Crippen molar-refractivity contribution in [3.8, 4) is 0 Å². The second kappa shape index (κ2) is 1.40. The molecule has 0 saturated carbocycles. The lowest BCUT2D eigenvalue weighted by Crippen LogP contribution is -2.18. The smallest absolute Gasteiger partial charge is 0.261 e. The van der Waals surface area contributed by atoms with Gasteiger partial charge < -0.3 is 5.31 Å². The Kier molecular flexibility index (Phi) is 0.757. The molecule has 0 aliphatic carbocycles. The van der Waals surface area contributed by atoms with E-state index in [1.165, 1.54) is 0 Å². The van der Waals surface area contributed by atoms with E-state index < -0.39 is 12.5 Å². The van der Waals surface area contributed by atoms with Crippen molar-refractivity contribution in [2.45, 2.75) is 12.3 Å². The van der Waals surface area contributed by atoms with Gasteiger partial charge in [0, 0.05) is 13.0 Å². The minimum Gasteiger partial charge on any atom is -0.311 e. The Bertz CT molecular complexity index is 96.0. The highest BCUT2D eigenvalue weighted by Gasteiger charge is 2.32. The number of nitrogens with one attached hydrogen (secondary N) is 1. The van der Waals surface area contributed by atoms with E-state index in [1.807, 2.05) is 0 Å². The predicted molar refractivity (Wildman–Crippen MR) is 22.4 cm³/mol. The first kappa shape index (κ1) is 3.78. The van der Waals surface area contributed by atoms with Gasteiger partial charge in [-0.25, -0.2) is 8.78 Å². The molecule has 42 valence electrons. The summed E-state index contributed by atoms with van der Waals surface area (Å²) in [5.74, 6) is -2.60. The highest BCUT2D eigenvalue weighted by atomic mass is 19.3. The summed E-state index contributed by atoms with van der Waals surface area (Å²) in [6.07, 6.45) is -0.156. The molecule has 0 aromatic rings. The molecule has 1 N–H and O–H groups in total. The molecule has 1 fully saturated rings. The van der Waals surface area contributed by atoms with Crippen molar-refractivity contribution in [3.05, 3.63) is 0 Å². The maximum Gasteiger partial charge on any atom is 0.261 e. The number of alkyl halides is 2. The van der Waals surface area contributed by atoms with Crippen LogP contribution < -0.4 is 5.31 Å². The van der Waals surface area contributed by atoms with Crippen molar-refractivity contribution in [2.75, 3.05) is 13.1 Å². The topological polar surface area (TPSA) is 12.0 Å². The van der Waals surface area contributed by atoms with Crippen molar-refractivity contribution in [1.29, 1.82) is 0 Å². The average molecular weight is 108 g/mol. The Morgan fingerprint density at radius 2 is 2.43 bits per heavy atom. The van der Waals surface area contributed by atoms with Gasteiger partial charge >= 0.3 is 0 Å². The van der Waals surface area contributed by atoms with Crippen molar-refractivity contribution < 1.29 is 10.2 Å². The van der Waals surface area contributed by atoms with E-state index in [9.17, 15) is 8.78 Å². The van der Waals surface area contributed by atoms with Gasteiger partial charge in [-0.2, -0.15) is 0 Å². The van der Waals surface area contributed by atoms with Crippen molar-refractivity contribution >= 4 is 0 Å². The minimum absolute atomic E-state index is 0.156. The zero-order valence-electron chi connectivity index (χ0n) is 4.82. The lowest BCUT2D eigenvalue weighted by atomic mass is 10.3. The van der Waals surface area contributed by atoms with Gasteiger partial charge in [-0.15, -0.1) is 0 Å². The van der Waals surface area contributed by atoms with Gasteiger partial charge in [0.2, 0.25) is 0 Å². The van der Waals surface area contributed by atoms with Crippen LogP contribution in [0.5, 0.6) is 0 Å². The van der Waals surface area contributed by atoms with Gasteiger partial charge in [0.05, 0.1) is 6.54 Å². The average Bonchev–Trinajstić information content (AvgIpc) is 1.82. The normalized spacial score (nSPS) is 33.1. The fourth-order valence-corrected chi connectivity index (χ4v) is 0.564. The quantitative estimate of drug-likeness (QED) is 0.479. The zero-order chi connectivity index (χ0) is 6.20. The maximum atomic E-state index is 12.0. The summed E-state index contributed by atoms with van der Waals surface area (Å²) in [5, 5.41) is 0.889. The molecule has 1 nitrogen and oxygen atoms in total. The molecule has 0 unspecified atom stereocenters. The van der Waals surface area contributed by atoms with Gasteiger partial charge in [0.1, 0.15) is 1.41 Å². The van der Waals surface area contributed by atoms with E-state index in [2.05, 4.69) is 0 Å². The number of hydrogen-bond acceptors (Lipinski definition) is 1. The van der Waals surface area contributed by atoms with Gasteiger partial charge in [-0.05, 0) is 0 Å². The van der Waals surface area contributed by atoms with Crippen LogP contribution in [0.2, 0.25) is 1.41 Å². The molecule has 1 rings (SSSR count).